The highest BCUT2D eigenvalue weighted by Gasteiger charge is 2.48. The van der Waals surface area contributed by atoms with Gasteiger partial charge in [-0.1, -0.05) is 13.3 Å². The van der Waals surface area contributed by atoms with E-state index in [4.69, 9.17) is 24.7 Å². The van der Waals surface area contributed by atoms with E-state index in [0.717, 1.165) is 74.7 Å². The number of fused-ring (bicyclic) bond motifs is 4. The summed E-state index contributed by atoms with van der Waals surface area (Å²) in [5, 5.41) is 3.81. The number of nitrogens with two attached hydrogens (primary N) is 1. The van der Waals surface area contributed by atoms with Gasteiger partial charge in [0.25, 0.3) is 0 Å². The van der Waals surface area contributed by atoms with Crippen molar-refractivity contribution in [3.05, 3.63) is 46.5 Å². The van der Waals surface area contributed by atoms with Crippen LogP contribution in [0.4, 0.5) is 0 Å². The minimum Gasteiger partial charge on any atom is -0.493 e. The summed E-state index contributed by atoms with van der Waals surface area (Å²) in [5.74, 6) is 4.23. The molecular formula is C29H41N3O4. The Morgan fingerprint density at radius 1 is 0.889 bits per heavy atom. The van der Waals surface area contributed by atoms with Crippen molar-refractivity contribution in [2.45, 2.75) is 50.7 Å². The van der Waals surface area contributed by atoms with E-state index in [1.165, 1.54) is 22.3 Å². The van der Waals surface area contributed by atoms with Crippen LogP contribution in [0, 0.1) is 11.8 Å². The smallest absolute Gasteiger partial charge is 0.161 e. The van der Waals surface area contributed by atoms with Gasteiger partial charge in [0.2, 0.25) is 0 Å². The van der Waals surface area contributed by atoms with Crippen molar-refractivity contribution < 1.29 is 18.9 Å². The number of nitrogens with one attached hydrogen (secondary N) is 1. The van der Waals surface area contributed by atoms with Gasteiger partial charge in [-0.25, -0.2) is 0 Å². The van der Waals surface area contributed by atoms with Crippen LogP contribution in [0.1, 0.15) is 54.5 Å². The van der Waals surface area contributed by atoms with Gasteiger partial charge in [-0.3, -0.25) is 4.90 Å². The molecule has 196 valence electrons. The number of nitrogens with zero attached hydrogens (tertiary/aromatic N) is 1. The number of hydrogen-bond acceptors (Lipinski definition) is 7. The van der Waals surface area contributed by atoms with E-state index >= 15 is 0 Å². The standard InChI is InChI=1S/C29H41N3O4/c1-6-18-17-32-10-8-20-13-26(34-3)28(36-5)15-23(20)29(32,30)16-21(18)11-24-22-14-27(35-4)25(33-2)12-19(22)7-9-31-24/h12-15,18,21,24,31H,6-11,16-17,30H2,1-5H3/t18-,21-,24+,29-/m0/s1. The van der Waals surface area contributed by atoms with Gasteiger partial charge in [0.05, 0.1) is 34.1 Å². The van der Waals surface area contributed by atoms with Crippen molar-refractivity contribution in [3.63, 3.8) is 0 Å². The Bertz CT molecular complexity index is 1110. The summed E-state index contributed by atoms with van der Waals surface area (Å²) >= 11 is 0. The molecular weight excluding hydrogens is 454 g/mol. The highest BCUT2D eigenvalue weighted by molar-refractivity contribution is 5.51. The minimum atomic E-state index is -0.501. The highest BCUT2D eigenvalue weighted by atomic mass is 16.5. The molecule has 5 rings (SSSR count). The quantitative estimate of drug-likeness (QED) is 0.601. The van der Waals surface area contributed by atoms with Gasteiger partial charge >= 0.3 is 0 Å². The first-order chi connectivity index (χ1) is 17.4. The van der Waals surface area contributed by atoms with Crippen LogP contribution in [0.15, 0.2) is 24.3 Å². The van der Waals surface area contributed by atoms with Crippen LogP contribution in [-0.2, 0) is 18.5 Å². The SMILES string of the molecule is CC[C@H]1CN2CCc3cc(OC)c(OC)cc3[C@]2(N)C[C@@H]1C[C@H]1NCCc2cc(OC)c(OC)cc21. The van der Waals surface area contributed by atoms with E-state index in [9.17, 15) is 0 Å². The molecule has 0 bridgehead atoms. The lowest BCUT2D eigenvalue weighted by Crippen LogP contribution is -2.62. The molecule has 0 unspecified atom stereocenters. The molecule has 36 heavy (non-hydrogen) atoms. The van der Waals surface area contributed by atoms with Crippen LogP contribution in [0.3, 0.4) is 0 Å². The summed E-state index contributed by atoms with van der Waals surface area (Å²) in [5.41, 5.74) is 12.0. The van der Waals surface area contributed by atoms with Crippen LogP contribution in [-0.4, -0.2) is 53.0 Å². The molecule has 0 amide bonds. The average Bonchev–Trinajstić information content (AvgIpc) is 2.91. The predicted octanol–water partition coefficient (Wildman–Crippen LogP) is 4.01. The molecule has 3 heterocycles. The maximum absolute atomic E-state index is 7.35. The molecule has 0 aliphatic carbocycles. The zero-order chi connectivity index (χ0) is 25.4. The van der Waals surface area contributed by atoms with Crippen molar-refractivity contribution >= 4 is 0 Å². The van der Waals surface area contributed by atoms with E-state index in [1.54, 1.807) is 28.4 Å². The van der Waals surface area contributed by atoms with Crippen molar-refractivity contribution in [1.82, 2.24) is 10.2 Å². The number of piperidine rings is 1. The first kappa shape index (κ1) is 25.2. The molecule has 0 spiro atoms. The van der Waals surface area contributed by atoms with Crippen molar-refractivity contribution in [1.29, 1.82) is 0 Å². The second kappa shape index (κ2) is 10.1. The Balaban J connectivity index is 1.47. The third-order valence-electron chi connectivity index (χ3n) is 8.85. The Morgan fingerprint density at radius 2 is 1.53 bits per heavy atom. The van der Waals surface area contributed by atoms with Crippen molar-refractivity contribution in [2.75, 3.05) is 48.1 Å². The molecule has 3 aliphatic rings. The summed E-state index contributed by atoms with van der Waals surface area (Å²) in [7, 11) is 6.80. The molecule has 1 saturated heterocycles. The fraction of sp³-hybridized carbons (Fsp3) is 0.586. The first-order valence-corrected chi connectivity index (χ1v) is 13.2. The van der Waals surface area contributed by atoms with E-state index < -0.39 is 5.66 Å². The zero-order valence-corrected chi connectivity index (χ0v) is 22.4. The maximum atomic E-state index is 7.35. The third-order valence-corrected chi connectivity index (χ3v) is 8.85. The van der Waals surface area contributed by atoms with Crippen LogP contribution < -0.4 is 30.0 Å². The fourth-order valence-corrected chi connectivity index (χ4v) is 6.87. The van der Waals surface area contributed by atoms with Gasteiger partial charge in [-0.05, 0) is 90.6 Å². The largest absolute Gasteiger partial charge is 0.493 e. The fourth-order valence-electron chi connectivity index (χ4n) is 6.87. The normalized spacial score (nSPS) is 27.4. The molecule has 2 aromatic rings. The molecule has 4 atom stereocenters. The zero-order valence-electron chi connectivity index (χ0n) is 22.4. The van der Waals surface area contributed by atoms with E-state index in [1.807, 2.05) is 0 Å². The third kappa shape index (κ3) is 4.21. The van der Waals surface area contributed by atoms with Crippen molar-refractivity contribution in [3.8, 4) is 23.0 Å². The summed E-state index contributed by atoms with van der Waals surface area (Å²) in [6.45, 7) is 5.29. The number of benzene rings is 2. The predicted molar refractivity (Wildman–Crippen MR) is 141 cm³/mol. The second-order valence-corrected chi connectivity index (χ2v) is 10.5. The molecule has 0 saturated carbocycles. The lowest BCUT2D eigenvalue weighted by atomic mass is 9.69. The molecule has 3 aliphatic heterocycles. The van der Waals surface area contributed by atoms with Gasteiger partial charge in [0.15, 0.2) is 23.0 Å². The Labute approximate surface area is 215 Å². The highest BCUT2D eigenvalue weighted by Crippen LogP contribution is 2.49. The molecule has 0 radical (unpaired) electrons. The van der Waals surface area contributed by atoms with Gasteiger partial charge in [0.1, 0.15) is 0 Å². The van der Waals surface area contributed by atoms with Gasteiger partial charge in [-0.2, -0.15) is 0 Å². The average molecular weight is 496 g/mol. The minimum absolute atomic E-state index is 0.274. The maximum Gasteiger partial charge on any atom is 0.161 e. The van der Waals surface area contributed by atoms with Crippen LogP contribution in [0.5, 0.6) is 23.0 Å². The molecule has 1 fully saturated rings. The van der Waals surface area contributed by atoms with Crippen LogP contribution in [0.2, 0.25) is 0 Å². The topological polar surface area (TPSA) is 78.2 Å². The Morgan fingerprint density at radius 3 is 2.19 bits per heavy atom. The molecule has 3 N–H and O–H groups in total. The second-order valence-electron chi connectivity index (χ2n) is 10.5. The number of rotatable bonds is 7. The van der Waals surface area contributed by atoms with Gasteiger partial charge in [-0.15, -0.1) is 0 Å². The molecule has 0 aromatic heterocycles. The number of ether oxygens (including phenoxy) is 4. The van der Waals surface area contributed by atoms with Crippen LogP contribution in [0.25, 0.3) is 0 Å². The summed E-state index contributed by atoms with van der Waals surface area (Å²) in [6, 6.07) is 8.85. The Kier molecular flexibility index (Phi) is 7.07. The van der Waals surface area contributed by atoms with Crippen molar-refractivity contribution in [2.24, 2.45) is 17.6 Å². The number of hydrogen-bond donors (Lipinski definition) is 2. The van der Waals surface area contributed by atoms with Crippen LogP contribution >= 0.6 is 0 Å². The number of methoxy groups -OCH3 is 4. The molecule has 7 heteroatoms. The lowest BCUT2D eigenvalue weighted by molar-refractivity contribution is -0.0295. The summed E-state index contributed by atoms with van der Waals surface area (Å²) < 4.78 is 22.5. The molecule has 7 nitrogen and oxygen atoms in total. The Hall–Kier alpha value is -2.48. The first-order valence-electron chi connectivity index (χ1n) is 13.2. The van der Waals surface area contributed by atoms with E-state index in [2.05, 4.69) is 41.4 Å². The van der Waals surface area contributed by atoms with Gasteiger partial charge in [0, 0.05) is 19.1 Å². The summed E-state index contributed by atoms with van der Waals surface area (Å²) in [4.78, 5) is 2.52. The lowest BCUT2D eigenvalue weighted by Gasteiger charge is -2.54. The van der Waals surface area contributed by atoms with E-state index in [0.29, 0.717) is 11.8 Å². The van der Waals surface area contributed by atoms with Gasteiger partial charge < -0.3 is 30.0 Å². The summed E-state index contributed by atoms with van der Waals surface area (Å²) in [6.07, 6.45) is 5.11. The monoisotopic (exact) mass is 495 g/mol. The van der Waals surface area contributed by atoms with E-state index in [-0.39, 0.29) is 6.04 Å². The molecule has 2 aromatic carbocycles.